The summed E-state index contributed by atoms with van der Waals surface area (Å²) in [6.07, 6.45) is 1.71. The first kappa shape index (κ1) is 11.6. The summed E-state index contributed by atoms with van der Waals surface area (Å²) >= 11 is 1.19. The van der Waals surface area contributed by atoms with Crippen LogP contribution in [-0.2, 0) is 7.05 Å². The zero-order chi connectivity index (χ0) is 11.6. The van der Waals surface area contributed by atoms with Gasteiger partial charge in [-0.05, 0) is 6.26 Å². The van der Waals surface area contributed by atoms with Crippen LogP contribution in [0.15, 0.2) is 9.95 Å². The topological polar surface area (TPSA) is 81.4 Å². The smallest absolute Gasteiger partial charge is 0.358 e. The van der Waals surface area contributed by atoms with Gasteiger partial charge in [0.05, 0.1) is 7.11 Å². The van der Waals surface area contributed by atoms with Crippen LogP contribution in [0.4, 0.5) is 0 Å². The van der Waals surface area contributed by atoms with Crippen LogP contribution >= 0.6 is 11.8 Å². The van der Waals surface area contributed by atoms with Gasteiger partial charge >= 0.3 is 5.97 Å². The number of ether oxygens (including phenoxy) is 1. The Kier molecular flexibility index (Phi) is 3.35. The highest BCUT2D eigenvalue weighted by Crippen LogP contribution is 2.15. The molecule has 1 N–H and O–H groups in total. The van der Waals surface area contributed by atoms with Crippen LogP contribution in [0, 0.1) is 0 Å². The number of aromatic carboxylic acids is 1. The summed E-state index contributed by atoms with van der Waals surface area (Å²) in [7, 11) is 2.75. The highest BCUT2D eigenvalue weighted by Gasteiger charge is 2.20. The second kappa shape index (κ2) is 4.35. The van der Waals surface area contributed by atoms with Gasteiger partial charge in [0.2, 0.25) is 5.75 Å². The molecule has 1 rings (SSSR count). The van der Waals surface area contributed by atoms with E-state index in [9.17, 15) is 9.59 Å². The number of nitrogens with zero attached hydrogens (tertiary/aromatic N) is 2. The second-order valence-corrected chi connectivity index (χ2v) is 3.42. The van der Waals surface area contributed by atoms with Gasteiger partial charge in [0, 0.05) is 7.05 Å². The van der Waals surface area contributed by atoms with Crippen LogP contribution in [0.3, 0.4) is 0 Å². The van der Waals surface area contributed by atoms with Gasteiger partial charge in [-0.2, -0.15) is 0 Å². The van der Waals surface area contributed by atoms with E-state index >= 15 is 0 Å². The van der Waals surface area contributed by atoms with Crippen LogP contribution < -0.4 is 10.3 Å². The molecule has 82 valence electrons. The number of rotatable bonds is 3. The van der Waals surface area contributed by atoms with Crippen LogP contribution in [-0.4, -0.2) is 34.0 Å². The molecule has 0 aliphatic heterocycles. The predicted octanol–water partition coefficient (Wildman–Crippen LogP) is 0.209. The molecule has 6 nitrogen and oxygen atoms in total. The van der Waals surface area contributed by atoms with E-state index in [1.54, 1.807) is 6.26 Å². The maximum Gasteiger partial charge on any atom is 0.358 e. The predicted molar refractivity (Wildman–Crippen MR) is 54.8 cm³/mol. The zero-order valence-electron chi connectivity index (χ0n) is 8.47. The number of methoxy groups -OCH3 is 1. The average molecular weight is 230 g/mol. The van der Waals surface area contributed by atoms with Crippen molar-refractivity contribution < 1.29 is 14.6 Å². The van der Waals surface area contributed by atoms with E-state index in [1.165, 1.54) is 30.5 Å². The quantitative estimate of drug-likeness (QED) is 0.590. The van der Waals surface area contributed by atoms with E-state index in [1.807, 2.05) is 0 Å². The molecule has 0 radical (unpaired) electrons. The van der Waals surface area contributed by atoms with Gasteiger partial charge in [0.1, 0.15) is 0 Å². The number of carbonyl (C=O) groups is 1. The minimum absolute atomic E-state index is 0.247. The van der Waals surface area contributed by atoms with Crippen molar-refractivity contribution in [1.82, 2.24) is 9.55 Å². The first-order valence-electron chi connectivity index (χ1n) is 3.95. The van der Waals surface area contributed by atoms with E-state index < -0.39 is 11.5 Å². The maximum atomic E-state index is 11.6. The highest BCUT2D eigenvalue weighted by atomic mass is 32.2. The van der Waals surface area contributed by atoms with E-state index in [0.717, 1.165) is 0 Å². The molecular weight excluding hydrogens is 220 g/mol. The van der Waals surface area contributed by atoms with Crippen molar-refractivity contribution in [3.63, 3.8) is 0 Å². The Bertz CT molecular complexity index is 455. The number of thioether (sulfide) groups is 1. The summed E-state index contributed by atoms with van der Waals surface area (Å²) in [5, 5.41) is 9.16. The van der Waals surface area contributed by atoms with Crippen LogP contribution in [0.2, 0.25) is 0 Å². The lowest BCUT2D eigenvalue weighted by Crippen LogP contribution is -2.25. The molecule has 0 unspecified atom stereocenters. The fourth-order valence-corrected chi connectivity index (χ4v) is 1.61. The molecule has 0 spiro atoms. The molecule has 0 atom stereocenters. The van der Waals surface area contributed by atoms with E-state index in [0.29, 0.717) is 5.16 Å². The van der Waals surface area contributed by atoms with Crippen molar-refractivity contribution in [2.75, 3.05) is 13.4 Å². The van der Waals surface area contributed by atoms with Crippen LogP contribution in [0.5, 0.6) is 5.75 Å². The number of carboxylic acids is 1. The van der Waals surface area contributed by atoms with E-state index in [-0.39, 0.29) is 11.4 Å². The van der Waals surface area contributed by atoms with Crippen molar-refractivity contribution in [3.05, 3.63) is 16.0 Å². The highest BCUT2D eigenvalue weighted by molar-refractivity contribution is 7.98. The van der Waals surface area contributed by atoms with E-state index in [2.05, 4.69) is 4.98 Å². The summed E-state index contributed by atoms with van der Waals surface area (Å²) in [6, 6.07) is 0. The SMILES string of the molecule is COc1c(C(=O)O)nc(SC)n(C)c1=O. The first-order chi connectivity index (χ1) is 7.02. The standard InChI is InChI=1S/C8H10N2O4S/c1-10-6(11)5(14-2)4(7(12)13)9-8(10)15-3/h1-3H3,(H,12,13). The Morgan fingerprint density at radius 2 is 2.20 bits per heavy atom. The number of aromatic nitrogens is 2. The summed E-state index contributed by atoms with van der Waals surface area (Å²) in [5.41, 5.74) is -0.862. The lowest BCUT2D eigenvalue weighted by molar-refractivity contribution is 0.0684. The Morgan fingerprint density at radius 3 is 2.60 bits per heavy atom. The Morgan fingerprint density at radius 1 is 1.60 bits per heavy atom. The summed E-state index contributed by atoms with van der Waals surface area (Å²) in [6.45, 7) is 0. The van der Waals surface area contributed by atoms with Crippen LogP contribution in [0.25, 0.3) is 0 Å². The zero-order valence-corrected chi connectivity index (χ0v) is 9.29. The molecule has 7 heteroatoms. The van der Waals surface area contributed by atoms with E-state index in [4.69, 9.17) is 9.84 Å². The lowest BCUT2D eigenvalue weighted by atomic mass is 10.4. The van der Waals surface area contributed by atoms with Gasteiger partial charge in [-0.25, -0.2) is 9.78 Å². The molecule has 1 heterocycles. The van der Waals surface area contributed by atoms with Crippen molar-refractivity contribution in [1.29, 1.82) is 0 Å². The monoisotopic (exact) mass is 230 g/mol. The molecule has 0 bridgehead atoms. The molecule has 0 aromatic carbocycles. The molecule has 0 aliphatic carbocycles. The molecule has 0 saturated heterocycles. The average Bonchev–Trinajstić information content (AvgIpc) is 2.21. The number of carboxylic acid groups (broad SMARTS) is 1. The molecule has 1 aromatic heterocycles. The molecule has 1 aromatic rings. The maximum absolute atomic E-state index is 11.6. The fourth-order valence-electron chi connectivity index (χ4n) is 1.07. The Hall–Kier alpha value is -1.50. The Labute approximate surface area is 89.9 Å². The lowest BCUT2D eigenvalue weighted by Gasteiger charge is -2.08. The number of hydrogen-bond acceptors (Lipinski definition) is 5. The van der Waals surface area contributed by atoms with Crippen LogP contribution in [0.1, 0.15) is 10.5 Å². The third kappa shape index (κ3) is 1.96. The minimum atomic E-state index is -1.28. The van der Waals surface area contributed by atoms with Gasteiger partial charge in [-0.1, -0.05) is 11.8 Å². The van der Waals surface area contributed by atoms with Crippen molar-refractivity contribution in [2.24, 2.45) is 7.05 Å². The van der Waals surface area contributed by atoms with Crippen molar-refractivity contribution in [2.45, 2.75) is 5.16 Å². The molecule has 15 heavy (non-hydrogen) atoms. The molecule has 0 aliphatic rings. The van der Waals surface area contributed by atoms with Crippen molar-refractivity contribution >= 4 is 17.7 Å². The molecule has 0 saturated carbocycles. The van der Waals surface area contributed by atoms with Crippen molar-refractivity contribution in [3.8, 4) is 5.75 Å². The third-order valence-electron chi connectivity index (χ3n) is 1.80. The third-order valence-corrected chi connectivity index (χ3v) is 2.53. The minimum Gasteiger partial charge on any atom is -0.489 e. The van der Waals surface area contributed by atoms with Gasteiger partial charge < -0.3 is 9.84 Å². The number of hydrogen-bond donors (Lipinski definition) is 1. The second-order valence-electron chi connectivity index (χ2n) is 2.65. The normalized spacial score (nSPS) is 10.1. The van der Waals surface area contributed by atoms with Gasteiger partial charge in [-0.15, -0.1) is 0 Å². The largest absolute Gasteiger partial charge is 0.489 e. The van der Waals surface area contributed by atoms with Gasteiger partial charge in [0.15, 0.2) is 10.9 Å². The fraction of sp³-hybridized carbons (Fsp3) is 0.375. The Balaban J connectivity index is 3.59. The summed E-state index contributed by atoms with van der Waals surface area (Å²) in [4.78, 5) is 26.3. The molecular formula is C8H10N2O4S. The molecule has 0 fully saturated rings. The molecule has 0 amide bonds. The van der Waals surface area contributed by atoms with Gasteiger partial charge in [0.25, 0.3) is 5.56 Å². The van der Waals surface area contributed by atoms with Gasteiger partial charge in [-0.3, -0.25) is 9.36 Å². The summed E-state index contributed by atoms with van der Waals surface area (Å²) in [5.74, 6) is -1.53. The summed E-state index contributed by atoms with van der Waals surface area (Å²) < 4.78 is 5.98. The first-order valence-corrected chi connectivity index (χ1v) is 5.17.